The summed E-state index contributed by atoms with van der Waals surface area (Å²) in [6.07, 6.45) is 4.69. The summed E-state index contributed by atoms with van der Waals surface area (Å²) >= 11 is 0. The molecule has 6 heterocycles. The average molecular weight is 487 g/mol. The third-order valence-corrected chi connectivity index (χ3v) is 7.94. The van der Waals surface area contributed by atoms with Gasteiger partial charge in [-0.15, -0.1) is 0 Å². The SMILES string of the molecule is Cc1c(-c2[nH]c3ccc(N4C[C@@H]5C[C@H]4CN5C(=O)CN(C)C)nc3c2C(C)C)cn2ncnc2c1C. The number of anilines is 1. The first kappa shape index (κ1) is 23.0. The highest BCUT2D eigenvalue weighted by atomic mass is 16.2. The Morgan fingerprint density at radius 3 is 2.67 bits per heavy atom. The van der Waals surface area contributed by atoms with E-state index < -0.39 is 0 Å². The molecule has 2 saturated heterocycles. The molecule has 2 atom stereocenters. The molecule has 0 saturated carbocycles. The van der Waals surface area contributed by atoms with Gasteiger partial charge in [0.1, 0.15) is 12.1 Å². The molecule has 1 amide bonds. The van der Waals surface area contributed by atoms with E-state index in [2.05, 4.69) is 70.9 Å². The van der Waals surface area contributed by atoms with Crippen molar-refractivity contribution in [1.82, 2.24) is 34.4 Å². The minimum atomic E-state index is 0.225. The maximum atomic E-state index is 12.7. The van der Waals surface area contributed by atoms with Crippen LogP contribution >= 0.6 is 0 Å². The molecule has 2 aliphatic rings. The zero-order chi connectivity index (χ0) is 25.3. The lowest BCUT2D eigenvalue weighted by molar-refractivity contribution is -0.132. The second-order valence-corrected chi connectivity index (χ2v) is 10.9. The maximum Gasteiger partial charge on any atom is 0.237 e. The zero-order valence-electron chi connectivity index (χ0n) is 21.9. The number of aromatic amines is 1. The number of carbonyl (C=O) groups is 1. The summed E-state index contributed by atoms with van der Waals surface area (Å²) in [5.41, 5.74) is 8.74. The van der Waals surface area contributed by atoms with Crippen LogP contribution in [0.15, 0.2) is 24.7 Å². The van der Waals surface area contributed by atoms with Crippen LogP contribution in [0.2, 0.25) is 0 Å². The van der Waals surface area contributed by atoms with E-state index in [9.17, 15) is 4.79 Å². The van der Waals surface area contributed by atoms with Crippen LogP contribution in [-0.2, 0) is 4.79 Å². The zero-order valence-corrected chi connectivity index (χ0v) is 21.9. The van der Waals surface area contributed by atoms with Crippen LogP contribution < -0.4 is 4.90 Å². The molecule has 1 N–H and O–H groups in total. The molecule has 0 unspecified atom stereocenters. The lowest BCUT2D eigenvalue weighted by atomic mass is 9.95. The Hall–Kier alpha value is -3.46. The smallest absolute Gasteiger partial charge is 0.237 e. The Bertz CT molecular complexity index is 1480. The Labute approximate surface area is 211 Å². The minimum absolute atomic E-state index is 0.225. The molecule has 188 valence electrons. The van der Waals surface area contributed by atoms with Crippen LogP contribution in [0.4, 0.5) is 5.82 Å². The third-order valence-electron chi connectivity index (χ3n) is 7.94. The maximum absolute atomic E-state index is 12.7. The molecule has 2 fully saturated rings. The quantitative estimate of drug-likeness (QED) is 0.466. The summed E-state index contributed by atoms with van der Waals surface area (Å²) in [7, 11) is 3.89. The molecule has 9 heteroatoms. The predicted molar refractivity (Wildman–Crippen MR) is 141 cm³/mol. The largest absolute Gasteiger partial charge is 0.353 e. The molecule has 36 heavy (non-hydrogen) atoms. The number of likely N-dealkylation sites (tertiary alicyclic amines) is 1. The number of carbonyl (C=O) groups excluding carboxylic acids is 1. The van der Waals surface area contributed by atoms with Gasteiger partial charge >= 0.3 is 0 Å². The number of rotatable bonds is 5. The lowest BCUT2D eigenvalue weighted by Crippen LogP contribution is -2.51. The van der Waals surface area contributed by atoms with Crippen molar-refractivity contribution in [1.29, 1.82) is 0 Å². The fourth-order valence-electron chi connectivity index (χ4n) is 6.08. The predicted octanol–water partition coefficient (Wildman–Crippen LogP) is 3.36. The standard InChI is InChI=1S/C27H34N8O/c1-15(2)24-25(20-12-35-27(28-14-29-35)17(4)16(20)3)30-21-7-8-22(31-26(21)24)33-10-19-9-18(33)11-34(19)23(36)13-32(5)6/h7-8,12,14-15,18-19,30H,9-11,13H2,1-6H3/t18-,19-/m0/s1. The third kappa shape index (κ3) is 3.48. The molecule has 0 spiro atoms. The molecular weight excluding hydrogens is 452 g/mol. The van der Waals surface area contributed by atoms with E-state index in [1.807, 2.05) is 23.5 Å². The van der Waals surface area contributed by atoms with Gasteiger partial charge in [-0.1, -0.05) is 13.8 Å². The summed E-state index contributed by atoms with van der Waals surface area (Å²) < 4.78 is 1.86. The van der Waals surface area contributed by atoms with Crippen molar-refractivity contribution in [2.75, 3.05) is 38.6 Å². The van der Waals surface area contributed by atoms with E-state index in [0.29, 0.717) is 12.6 Å². The van der Waals surface area contributed by atoms with Crippen LogP contribution in [0.3, 0.4) is 0 Å². The molecule has 0 radical (unpaired) electrons. The minimum Gasteiger partial charge on any atom is -0.353 e. The molecule has 4 aromatic rings. The molecule has 0 aromatic carbocycles. The van der Waals surface area contributed by atoms with Gasteiger partial charge in [-0.25, -0.2) is 14.5 Å². The first-order valence-corrected chi connectivity index (χ1v) is 12.8. The lowest BCUT2D eigenvalue weighted by Gasteiger charge is -2.35. The van der Waals surface area contributed by atoms with Crippen molar-refractivity contribution in [2.45, 2.75) is 52.1 Å². The number of aromatic nitrogens is 5. The van der Waals surface area contributed by atoms with Gasteiger partial charge in [0.05, 0.1) is 35.4 Å². The van der Waals surface area contributed by atoms with Crippen molar-refractivity contribution in [2.24, 2.45) is 0 Å². The number of amides is 1. The Kier molecular flexibility index (Phi) is 5.29. The van der Waals surface area contributed by atoms with Crippen molar-refractivity contribution in [3.63, 3.8) is 0 Å². The normalized spacial score (nSPS) is 19.7. The number of fused-ring (bicyclic) bond motifs is 4. The van der Waals surface area contributed by atoms with Gasteiger partial charge in [0.15, 0.2) is 5.65 Å². The summed E-state index contributed by atoms with van der Waals surface area (Å²) in [4.78, 5) is 32.4. The van der Waals surface area contributed by atoms with Gasteiger partial charge in [0.2, 0.25) is 5.91 Å². The van der Waals surface area contributed by atoms with E-state index in [4.69, 9.17) is 4.98 Å². The van der Waals surface area contributed by atoms with Gasteiger partial charge in [-0.05, 0) is 63.5 Å². The highest BCUT2D eigenvalue weighted by Crippen LogP contribution is 2.39. The van der Waals surface area contributed by atoms with E-state index in [1.165, 1.54) is 11.1 Å². The average Bonchev–Trinajstić information content (AvgIpc) is 3.61. The van der Waals surface area contributed by atoms with E-state index >= 15 is 0 Å². The van der Waals surface area contributed by atoms with Crippen molar-refractivity contribution in [3.8, 4) is 11.3 Å². The number of H-pyrrole nitrogens is 1. The van der Waals surface area contributed by atoms with Crippen LogP contribution in [0.25, 0.3) is 27.9 Å². The van der Waals surface area contributed by atoms with Crippen LogP contribution in [0.1, 0.15) is 42.9 Å². The van der Waals surface area contributed by atoms with Crippen LogP contribution in [0.5, 0.6) is 0 Å². The highest BCUT2D eigenvalue weighted by molar-refractivity contribution is 5.90. The molecule has 9 nitrogen and oxygen atoms in total. The van der Waals surface area contributed by atoms with Crippen LogP contribution in [0, 0.1) is 13.8 Å². The van der Waals surface area contributed by atoms with Crippen molar-refractivity contribution in [3.05, 3.63) is 41.3 Å². The van der Waals surface area contributed by atoms with Crippen molar-refractivity contribution < 1.29 is 4.79 Å². The monoisotopic (exact) mass is 486 g/mol. The summed E-state index contributed by atoms with van der Waals surface area (Å²) in [5.74, 6) is 1.52. The number of hydrogen-bond donors (Lipinski definition) is 1. The Morgan fingerprint density at radius 2 is 1.97 bits per heavy atom. The first-order chi connectivity index (χ1) is 17.2. The number of nitrogens with zero attached hydrogens (tertiary/aromatic N) is 7. The summed E-state index contributed by atoms with van der Waals surface area (Å²) in [6.45, 7) is 10.8. The number of piperazine rings is 1. The Balaban J connectivity index is 1.37. The van der Waals surface area contributed by atoms with E-state index in [1.54, 1.807) is 6.33 Å². The molecular formula is C27H34N8O. The Morgan fingerprint density at radius 1 is 1.17 bits per heavy atom. The summed E-state index contributed by atoms with van der Waals surface area (Å²) in [6, 6.07) is 4.88. The fourth-order valence-corrected chi connectivity index (χ4v) is 6.08. The van der Waals surface area contributed by atoms with Gasteiger partial charge < -0.3 is 19.7 Å². The second kappa shape index (κ2) is 8.30. The highest BCUT2D eigenvalue weighted by Gasteiger charge is 2.45. The number of pyridine rings is 2. The van der Waals surface area contributed by atoms with Gasteiger partial charge in [0, 0.05) is 30.4 Å². The molecule has 0 aliphatic carbocycles. The van der Waals surface area contributed by atoms with Gasteiger partial charge in [-0.3, -0.25) is 4.79 Å². The number of likely N-dealkylation sites (N-methyl/N-ethyl adjacent to an activating group) is 1. The summed E-state index contributed by atoms with van der Waals surface area (Å²) in [5, 5.41) is 4.40. The van der Waals surface area contributed by atoms with E-state index in [0.717, 1.165) is 58.8 Å². The molecule has 4 aromatic heterocycles. The second-order valence-electron chi connectivity index (χ2n) is 10.9. The number of nitrogens with one attached hydrogen (secondary N) is 1. The van der Waals surface area contributed by atoms with Crippen molar-refractivity contribution >= 4 is 28.4 Å². The fraction of sp³-hybridized carbons (Fsp3) is 0.481. The molecule has 2 bridgehead atoms. The number of aryl methyl sites for hydroxylation is 1. The van der Waals surface area contributed by atoms with E-state index in [-0.39, 0.29) is 17.9 Å². The number of hydrogen-bond acceptors (Lipinski definition) is 6. The topological polar surface area (TPSA) is 85.7 Å². The van der Waals surface area contributed by atoms with Gasteiger partial charge in [0.25, 0.3) is 0 Å². The first-order valence-electron chi connectivity index (χ1n) is 12.8. The molecule has 6 rings (SSSR count). The molecule has 2 aliphatic heterocycles. The van der Waals surface area contributed by atoms with Crippen LogP contribution in [-0.4, -0.2) is 86.1 Å². The van der Waals surface area contributed by atoms with Gasteiger partial charge in [-0.2, -0.15) is 5.10 Å².